The molecule has 0 aromatic heterocycles. The average Bonchev–Trinajstić information content (AvgIpc) is 3.09. The van der Waals surface area contributed by atoms with Gasteiger partial charge in [-0.25, -0.2) is 0 Å². The fraction of sp³-hybridized carbons (Fsp3) is 0.538. The van der Waals surface area contributed by atoms with E-state index < -0.39 is 0 Å². The number of benzene rings is 1. The van der Waals surface area contributed by atoms with Crippen LogP contribution in [0.3, 0.4) is 0 Å². The van der Waals surface area contributed by atoms with Crippen molar-refractivity contribution in [3.05, 3.63) is 28.3 Å². The number of aliphatic hydroxyl groups is 1. The second-order valence-electron chi connectivity index (χ2n) is 4.30. The van der Waals surface area contributed by atoms with Crippen LogP contribution in [0.4, 0.5) is 0 Å². The first kappa shape index (κ1) is 11.7. The van der Waals surface area contributed by atoms with E-state index >= 15 is 0 Å². The Kier molecular flexibility index (Phi) is 3.72. The maximum absolute atomic E-state index is 8.81. The summed E-state index contributed by atoms with van der Waals surface area (Å²) < 4.78 is 5.40. The summed E-state index contributed by atoms with van der Waals surface area (Å²) >= 11 is 6.28. The Balaban J connectivity index is 2.26. The standard InChI is InChI=1S/C13H17ClO2/c1-16-12-8-9(3-2-6-15)7-11(14)13(12)10-4-5-10/h7-8,10,15H,2-6H2,1H3. The van der Waals surface area contributed by atoms with E-state index in [1.165, 1.54) is 12.8 Å². The van der Waals surface area contributed by atoms with Crippen molar-refractivity contribution in [2.75, 3.05) is 13.7 Å². The lowest BCUT2D eigenvalue weighted by molar-refractivity contribution is 0.288. The highest BCUT2D eigenvalue weighted by molar-refractivity contribution is 6.31. The topological polar surface area (TPSA) is 29.5 Å². The van der Waals surface area contributed by atoms with Gasteiger partial charge in [-0.2, -0.15) is 0 Å². The van der Waals surface area contributed by atoms with Gasteiger partial charge in [0.1, 0.15) is 5.75 Å². The van der Waals surface area contributed by atoms with Gasteiger partial charge in [0.25, 0.3) is 0 Å². The lowest BCUT2D eigenvalue weighted by atomic mass is 10.0. The van der Waals surface area contributed by atoms with Gasteiger partial charge < -0.3 is 9.84 Å². The molecule has 0 aliphatic heterocycles. The molecular formula is C13H17ClO2. The number of aliphatic hydroxyl groups excluding tert-OH is 1. The number of hydrogen-bond acceptors (Lipinski definition) is 2. The van der Waals surface area contributed by atoms with Gasteiger partial charge in [-0.3, -0.25) is 0 Å². The molecule has 0 heterocycles. The second-order valence-corrected chi connectivity index (χ2v) is 4.70. The molecule has 0 spiro atoms. The fourth-order valence-corrected chi connectivity index (χ4v) is 2.40. The van der Waals surface area contributed by atoms with E-state index in [0.717, 1.165) is 34.7 Å². The van der Waals surface area contributed by atoms with Crippen LogP contribution in [-0.4, -0.2) is 18.8 Å². The third-order valence-corrected chi connectivity index (χ3v) is 3.29. The van der Waals surface area contributed by atoms with E-state index in [1.807, 2.05) is 6.07 Å². The molecule has 0 bridgehead atoms. The maximum Gasteiger partial charge on any atom is 0.124 e. The van der Waals surface area contributed by atoms with Crippen molar-refractivity contribution < 1.29 is 9.84 Å². The molecule has 1 aromatic rings. The van der Waals surface area contributed by atoms with Crippen molar-refractivity contribution >= 4 is 11.6 Å². The van der Waals surface area contributed by atoms with Crippen LogP contribution >= 0.6 is 11.6 Å². The molecule has 1 saturated carbocycles. The third kappa shape index (κ3) is 2.50. The van der Waals surface area contributed by atoms with Crippen molar-refractivity contribution in [3.63, 3.8) is 0 Å². The molecule has 0 radical (unpaired) electrons. The molecule has 1 fully saturated rings. The van der Waals surface area contributed by atoms with Crippen molar-refractivity contribution in [2.45, 2.75) is 31.6 Å². The van der Waals surface area contributed by atoms with Crippen LogP contribution in [0.2, 0.25) is 5.02 Å². The van der Waals surface area contributed by atoms with Crippen molar-refractivity contribution in [3.8, 4) is 5.75 Å². The number of hydrogen-bond donors (Lipinski definition) is 1. The molecule has 88 valence electrons. The summed E-state index contributed by atoms with van der Waals surface area (Å²) in [7, 11) is 1.69. The van der Waals surface area contributed by atoms with E-state index in [0.29, 0.717) is 5.92 Å². The van der Waals surface area contributed by atoms with Crippen LogP contribution in [0, 0.1) is 0 Å². The Labute approximate surface area is 101 Å². The minimum atomic E-state index is 0.213. The summed E-state index contributed by atoms with van der Waals surface area (Å²) in [5.74, 6) is 1.50. The monoisotopic (exact) mass is 240 g/mol. The van der Waals surface area contributed by atoms with E-state index in [1.54, 1.807) is 7.11 Å². The van der Waals surface area contributed by atoms with Crippen LogP contribution in [-0.2, 0) is 6.42 Å². The number of aryl methyl sites for hydroxylation is 1. The van der Waals surface area contributed by atoms with Gasteiger partial charge in [-0.05, 0) is 49.3 Å². The highest BCUT2D eigenvalue weighted by Gasteiger charge is 2.29. The van der Waals surface area contributed by atoms with Gasteiger partial charge in [-0.15, -0.1) is 0 Å². The molecule has 1 aliphatic carbocycles. The van der Waals surface area contributed by atoms with Gasteiger partial charge in [-0.1, -0.05) is 11.6 Å². The summed E-state index contributed by atoms with van der Waals surface area (Å²) in [5, 5.41) is 9.63. The zero-order valence-corrected chi connectivity index (χ0v) is 10.3. The summed E-state index contributed by atoms with van der Waals surface area (Å²) in [5.41, 5.74) is 2.30. The highest BCUT2D eigenvalue weighted by Crippen LogP contribution is 2.48. The molecule has 0 unspecified atom stereocenters. The van der Waals surface area contributed by atoms with Crippen molar-refractivity contribution in [2.24, 2.45) is 0 Å². The number of methoxy groups -OCH3 is 1. The molecule has 2 nitrogen and oxygen atoms in total. The summed E-state index contributed by atoms with van der Waals surface area (Å²) in [6.07, 6.45) is 4.04. The molecule has 0 amide bonds. The molecule has 16 heavy (non-hydrogen) atoms. The Morgan fingerprint density at radius 1 is 1.44 bits per heavy atom. The molecule has 1 aromatic carbocycles. The molecular weight excluding hydrogens is 224 g/mol. The first-order valence-electron chi connectivity index (χ1n) is 5.73. The van der Waals surface area contributed by atoms with E-state index in [4.69, 9.17) is 21.4 Å². The second kappa shape index (κ2) is 5.07. The Morgan fingerprint density at radius 3 is 2.75 bits per heavy atom. The first-order chi connectivity index (χ1) is 7.76. The van der Waals surface area contributed by atoms with Gasteiger partial charge in [0.2, 0.25) is 0 Å². The predicted octanol–water partition coefficient (Wildman–Crippen LogP) is 3.15. The molecule has 3 heteroatoms. The van der Waals surface area contributed by atoms with Gasteiger partial charge >= 0.3 is 0 Å². The van der Waals surface area contributed by atoms with Crippen LogP contribution in [0.25, 0.3) is 0 Å². The molecule has 0 atom stereocenters. The third-order valence-electron chi connectivity index (χ3n) is 2.98. The Morgan fingerprint density at radius 2 is 2.19 bits per heavy atom. The Bertz CT molecular complexity index is 372. The number of ether oxygens (including phenoxy) is 1. The highest BCUT2D eigenvalue weighted by atomic mass is 35.5. The Hall–Kier alpha value is -0.730. The lowest BCUT2D eigenvalue weighted by Crippen LogP contribution is -1.96. The SMILES string of the molecule is COc1cc(CCCO)cc(Cl)c1C1CC1. The van der Waals surface area contributed by atoms with E-state index in [9.17, 15) is 0 Å². The van der Waals surface area contributed by atoms with Crippen molar-refractivity contribution in [1.29, 1.82) is 0 Å². The molecule has 1 aliphatic rings. The largest absolute Gasteiger partial charge is 0.496 e. The molecule has 2 rings (SSSR count). The predicted molar refractivity (Wildman–Crippen MR) is 65.4 cm³/mol. The summed E-state index contributed by atoms with van der Waals surface area (Å²) in [4.78, 5) is 0. The molecule has 1 N–H and O–H groups in total. The maximum atomic E-state index is 8.81. The normalized spacial score (nSPS) is 15.2. The minimum Gasteiger partial charge on any atom is -0.496 e. The minimum absolute atomic E-state index is 0.213. The lowest BCUT2D eigenvalue weighted by Gasteiger charge is -2.12. The van der Waals surface area contributed by atoms with Crippen LogP contribution in [0.15, 0.2) is 12.1 Å². The number of rotatable bonds is 5. The van der Waals surface area contributed by atoms with Gasteiger partial charge in [0.15, 0.2) is 0 Å². The number of halogens is 1. The van der Waals surface area contributed by atoms with Crippen LogP contribution < -0.4 is 4.74 Å². The van der Waals surface area contributed by atoms with E-state index in [-0.39, 0.29) is 6.61 Å². The fourth-order valence-electron chi connectivity index (χ4n) is 2.01. The van der Waals surface area contributed by atoms with Gasteiger partial charge in [0.05, 0.1) is 7.11 Å². The van der Waals surface area contributed by atoms with Crippen LogP contribution in [0.1, 0.15) is 36.3 Å². The van der Waals surface area contributed by atoms with E-state index in [2.05, 4.69) is 6.07 Å². The zero-order valence-electron chi connectivity index (χ0n) is 9.50. The quantitative estimate of drug-likeness (QED) is 0.857. The summed E-state index contributed by atoms with van der Waals surface area (Å²) in [6.45, 7) is 0.213. The summed E-state index contributed by atoms with van der Waals surface area (Å²) in [6, 6.07) is 4.06. The van der Waals surface area contributed by atoms with Crippen LogP contribution in [0.5, 0.6) is 5.75 Å². The van der Waals surface area contributed by atoms with Crippen molar-refractivity contribution in [1.82, 2.24) is 0 Å². The molecule has 0 saturated heterocycles. The van der Waals surface area contributed by atoms with Gasteiger partial charge in [0, 0.05) is 17.2 Å². The smallest absolute Gasteiger partial charge is 0.124 e. The average molecular weight is 241 g/mol. The zero-order chi connectivity index (χ0) is 11.5. The first-order valence-corrected chi connectivity index (χ1v) is 6.11.